The maximum atomic E-state index is 14.3. The van der Waals surface area contributed by atoms with Crippen molar-refractivity contribution in [3.63, 3.8) is 0 Å². The molecule has 0 N–H and O–H groups in total. The molecule has 114 valence electrons. The molecule has 2 unspecified atom stereocenters. The molecule has 0 saturated heterocycles. The highest BCUT2D eigenvalue weighted by Gasteiger charge is 2.51. The summed E-state index contributed by atoms with van der Waals surface area (Å²) in [5, 5.41) is 0. The summed E-state index contributed by atoms with van der Waals surface area (Å²) < 4.78 is 119. The lowest BCUT2D eigenvalue weighted by Gasteiger charge is -2.28. The molecule has 0 saturated carbocycles. The minimum Gasteiger partial charge on any atom is -0.235 e. The van der Waals surface area contributed by atoms with Gasteiger partial charge < -0.3 is 0 Å². The molecule has 0 aliphatic heterocycles. The third-order valence-electron chi connectivity index (χ3n) is 2.88. The summed E-state index contributed by atoms with van der Waals surface area (Å²) in [6, 6.07) is 0. The highest BCUT2D eigenvalue weighted by molar-refractivity contribution is 5.41. The molecule has 21 heavy (non-hydrogen) atoms. The Bertz CT molecular complexity index is 647. The zero-order chi connectivity index (χ0) is 16.1. The van der Waals surface area contributed by atoms with Gasteiger partial charge in [0.25, 0.3) is 0 Å². The normalized spacial score (nSPS) is 25.7. The Morgan fingerprint density at radius 2 is 1.19 bits per heavy atom. The van der Waals surface area contributed by atoms with Crippen LogP contribution < -0.4 is 0 Å². The number of hydrogen-bond donors (Lipinski definition) is 0. The Morgan fingerprint density at radius 1 is 0.762 bits per heavy atom. The molecule has 0 spiro atoms. The van der Waals surface area contributed by atoms with Crippen molar-refractivity contribution in [1.29, 1.82) is 0 Å². The number of benzene rings is 1. The van der Waals surface area contributed by atoms with Crippen molar-refractivity contribution in [3.05, 3.63) is 58.5 Å². The van der Waals surface area contributed by atoms with Gasteiger partial charge in [0.15, 0.2) is 46.8 Å². The number of alkyl halides is 2. The van der Waals surface area contributed by atoms with E-state index in [9.17, 15) is 39.5 Å². The van der Waals surface area contributed by atoms with Crippen molar-refractivity contribution in [2.45, 2.75) is 11.8 Å². The summed E-state index contributed by atoms with van der Waals surface area (Å²) in [5.74, 6) is -17.2. The first-order valence-electron chi connectivity index (χ1n) is 5.22. The molecule has 0 aromatic heterocycles. The van der Waals surface area contributed by atoms with E-state index in [2.05, 4.69) is 0 Å². The Hall–Kier alpha value is -1.93. The molecule has 1 aliphatic carbocycles. The molecule has 0 nitrogen and oxygen atoms in total. The largest absolute Gasteiger partial charge is 0.235 e. The summed E-state index contributed by atoms with van der Waals surface area (Å²) in [4.78, 5) is 0. The Kier molecular flexibility index (Phi) is 3.54. The van der Waals surface area contributed by atoms with Gasteiger partial charge in [-0.3, -0.25) is 0 Å². The molecule has 1 aromatic rings. The average Bonchev–Trinajstić information content (AvgIpc) is 2.45. The first-order valence-corrected chi connectivity index (χ1v) is 5.22. The lowest BCUT2D eigenvalue weighted by molar-refractivity contribution is 0.0850. The van der Waals surface area contributed by atoms with Gasteiger partial charge in [0, 0.05) is 0 Å². The fourth-order valence-corrected chi connectivity index (χ4v) is 1.82. The predicted octanol–water partition coefficient (Wildman–Crippen LogP) is 4.61. The summed E-state index contributed by atoms with van der Waals surface area (Å²) in [6.07, 6.45) is -3.77. The minimum atomic E-state index is -4.08. The van der Waals surface area contributed by atoms with Crippen LogP contribution in [0, 0.1) is 29.1 Å². The molecule has 0 fully saturated rings. The Labute approximate surface area is 111 Å². The molecule has 0 heterocycles. The minimum absolute atomic E-state index is 0.0105. The fraction of sp³-hybridized carbons (Fsp3) is 0.167. The van der Waals surface area contributed by atoms with Gasteiger partial charge in [0.2, 0.25) is 5.82 Å². The zero-order valence-corrected chi connectivity index (χ0v) is 9.63. The van der Waals surface area contributed by atoms with E-state index in [1.165, 1.54) is 0 Å². The third kappa shape index (κ3) is 2.02. The second-order valence-electron chi connectivity index (χ2n) is 4.10. The number of hydrogen-bond acceptors (Lipinski definition) is 0. The van der Waals surface area contributed by atoms with Crippen molar-refractivity contribution in [2.75, 3.05) is 0 Å². The van der Waals surface area contributed by atoms with E-state index in [0.717, 1.165) is 0 Å². The summed E-state index contributed by atoms with van der Waals surface area (Å²) in [7, 11) is 0. The maximum absolute atomic E-state index is 14.3. The van der Waals surface area contributed by atoms with Gasteiger partial charge in [-0.15, -0.1) is 0 Å². The Balaban J connectivity index is 2.77. The van der Waals surface area contributed by atoms with Crippen molar-refractivity contribution >= 4 is 0 Å². The molecule has 1 aliphatic rings. The van der Waals surface area contributed by atoms with E-state index in [0.29, 0.717) is 0 Å². The smallest absolute Gasteiger partial charge is 0.200 e. The van der Waals surface area contributed by atoms with Gasteiger partial charge >= 0.3 is 0 Å². The number of allylic oxidation sites excluding steroid dienone is 4. The van der Waals surface area contributed by atoms with E-state index in [1.54, 1.807) is 0 Å². The van der Waals surface area contributed by atoms with Crippen molar-refractivity contribution in [2.24, 2.45) is 0 Å². The molecule has 2 atom stereocenters. The summed E-state index contributed by atoms with van der Waals surface area (Å²) in [5.41, 5.74) is -6.31. The van der Waals surface area contributed by atoms with Crippen LogP contribution in [-0.2, 0) is 5.67 Å². The highest BCUT2D eigenvalue weighted by atomic mass is 19.2. The van der Waals surface area contributed by atoms with E-state index in [4.69, 9.17) is 0 Å². The predicted molar refractivity (Wildman–Crippen MR) is 52.3 cm³/mol. The molecule has 0 amide bonds. The van der Waals surface area contributed by atoms with Crippen molar-refractivity contribution < 1.29 is 39.5 Å². The second kappa shape index (κ2) is 4.81. The molecule has 2 rings (SSSR count). The highest BCUT2D eigenvalue weighted by Crippen LogP contribution is 2.45. The average molecular weight is 318 g/mol. The van der Waals surface area contributed by atoms with Crippen LogP contribution in [-0.4, -0.2) is 6.17 Å². The number of halogens is 9. The Morgan fingerprint density at radius 3 is 1.67 bits per heavy atom. The van der Waals surface area contributed by atoms with E-state index >= 15 is 0 Å². The molecule has 1 aromatic carbocycles. The third-order valence-corrected chi connectivity index (χ3v) is 2.88. The van der Waals surface area contributed by atoms with Crippen LogP contribution in [0.3, 0.4) is 0 Å². The standard InChI is InChI=1S/C12H3F9/c13-3-1-2-12(21,11(20)5(3)14)4-6(15)8(17)10(19)9(18)7(4)16/h1-2,11H. The first kappa shape index (κ1) is 15.5. The molecule has 9 heteroatoms. The zero-order valence-electron chi connectivity index (χ0n) is 9.63. The van der Waals surface area contributed by atoms with Gasteiger partial charge in [-0.25, -0.2) is 39.5 Å². The summed E-state index contributed by atoms with van der Waals surface area (Å²) >= 11 is 0. The van der Waals surface area contributed by atoms with Gasteiger partial charge in [0.1, 0.15) is 0 Å². The van der Waals surface area contributed by atoms with Crippen molar-refractivity contribution in [3.8, 4) is 0 Å². The quantitative estimate of drug-likeness (QED) is 0.403. The van der Waals surface area contributed by atoms with Crippen LogP contribution in [0.4, 0.5) is 39.5 Å². The molecular weight excluding hydrogens is 315 g/mol. The van der Waals surface area contributed by atoms with Crippen LogP contribution in [0.15, 0.2) is 23.8 Å². The van der Waals surface area contributed by atoms with E-state index in [1.807, 2.05) is 0 Å². The van der Waals surface area contributed by atoms with Crippen LogP contribution in [0.1, 0.15) is 5.56 Å². The van der Waals surface area contributed by atoms with Gasteiger partial charge in [-0.1, -0.05) is 0 Å². The topological polar surface area (TPSA) is 0 Å². The number of rotatable bonds is 1. The van der Waals surface area contributed by atoms with E-state index < -0.39 is 58.1 Å². The van der Waals surface area contributed by atoms with Crippen LogP contribution in [0.5, 0.6) is 0 Å². The van der Waals surface area contributed by atoms with Crippen LogP contribution >= 0.6 is 0 Å². The second-order valence-corrected chi connectivity index (χ2v) is 4.10. The maximum Gasteiger partial charge on any atom is 0.200 e. The molecule has 0 radical (unpaired) electrons. The lowest BCUT2D eigenvalue weighted by Crippen LogP contribution is -2.36. The first-order chi connectivity index (χ1) is 9.62. The lowest BCUT2D eigenvalue weighted by atomic mass is 9.85. The van der Waals surface area contributed by atoms with Gasteiger partial charge in [0.05, 0.1) is 5.56 Å². The summed E-state index contributed by atoms with van der Waals surface area (Å²) in [6.45, 7) is 0. The SMILES string of the molecule is FC1=C(F)C(F)C(F)(c2c(F)c(F)c(F)c(F)c2F)C=C1. The molecular formula is C12H3F9. The van der Waals surface area contributed by atoms with Gasteiger partial charge in [-0.2, -0.15) is 0 Å². The van der Waals surface area contributed by atoms with Crippen LogP contribution in [0.25, 0.3) is 0 Å². The van der Waals surface area contributed by atoms with E-state index in [-0.39, 0.29) is 12.2 Å². The van der Waals surface area contributed by atoms with Crippen molar-refractivity contribution in [1.82, 2.24) is 0 Å². The van der Waals surface area contributed by atoms with Crippen LogP contribution in [0.2, 0.25) is 0 Å². The molecule has 0 bridgehead atoms. The monoisotopic (exact) mass is 318 g/mol. The van der Waals surface area contributed by atoms with Gasteiger partial charge in [-0.05, 0) is 12.2 Å². The fourth-order valence-electron chi connectivity index (χ4n) is 1.82.